The first-order valence-electron chi connectivity index (χ1n) is 7.98. The molecule has 0 aromatic heterocycles. The van der Waals surface area contributed by atoms with Crippen LogP contribution in [-0.4, -0.2) is 36.8 Å². The number of carbonyl (C=O) groups excluding carboxylic acids is 1. The van der Waals surface area contributed by atoms with Crippen LogP contribution in [0.15, 0.2) is 54.6 Å². The van der Waals surface area contributed by atoms with Gasteiger partial charge in [-0.1, -0.05) is 42.5 Å². The van der Waals surface area contributed by atoms with Crippen LogP contribution in [0.4, 0.5) is 5.69 Å². The molecule has 2 aromatic carbocycles. The fraction of sp³-hybridized carbons (Fsp3) is 0.316. The maximum Gasteiger partial charge on any atom is 0.239 e. The van der Waals surface area contributed by atoms with Crippen molar-refractivity contribution in [1.82, 2.24) is 5.32 Å². The molecule has 0 aliphatic carbocycles. The summed E-state index contributed by atoms with van der Waals surface area (Å²) in [6.45, 7) is 1.91. The molecule has 0 spiro atoms. The monoisotopic (exact) mass is 328 g/mol. The van der Waals surface area contributed by atoms with Gasteiger partial charge in [0.1, 0.15) is 5.75 Å². The van der Waals surface area contributed by atoms with Crippen molar-refractivity contribution in [3.63, 3.8) is 0 Å². The van der Waals surface area contributed by atoms with E-state index in [1.807, 2.05) is 54.6 Å². The predicted octanol–water partition coefficient (Wildman–Crippen LogP) is 2.22. The zero-order chi connectivity index (χ0) is 17.4. The van der Waals surface area contributed by atoms with Gasteiger partial charge in [-0.05, 0) is 24.6 Å². The number of anilines is 1. The lowest BCUT2D eigenvalue weighted by Crippen LogP contribution is -2.44. The Bertz CT molecular complexity index is 646. The van der Waals surface area contributed by atoms with E-state index >= 15 is 0 Å². The van der Waals surface area contributed by atoms with Gasteiger partial charge in [-0.3, -0.25) is 4.79 Å². The number of rotatable bonds is 8. The molecule has 2 rings (SSSR count). The predicted molar refractivity (Wildman–Crippen MR) is 95.2 cm³/mol. The second-order valence-electron chi connectivity index (χ2n) is 5.67. The largest absolute Gasteiger partial charge is 0.495 e. The summed E-state index contributed by atoms with van der Waals surface area (Å²) < 4.78 is 5.23. The molecule has 0 fully saturated rings. The molecule has 0 heterocycles. The van der Waals surface area contributed by atoms with E-state index in [9.17, 15) is 9.90 Å². The Morgan fingerprint density at radius 2 is 1.79 bits per heavy atom. The number of carbonyl (C=O) groups is 1. The summed E-state index contributed by atoms with van der Waals surface area (Å²) in [4.78, 5) is 12.1. The molecule has 0 saturated carbocycles. The first kappa shape index (κ1) is 17.8. The number of benzene rings is 2. The van der Waals surface area contributed by atoms with E-state index in [2.05, 4.69) is 10.6 Å². The number of aliphatic hydroxyl groups excluding tert-OH is 1. The average Bonchev–Trinajstić information content (AvgIpc) is 2.61. The number of nitrogens with one attached hydrogen (secondary N) is 2. The zero-order valence-electron chi connectivity index (χ0n) is 14.0. The molecule has 5 nitrogen and oxygen atoms in total. The van der Waals surface area contributed by atoms with Gasteiger partial charge >= 0.3 is 0 Å². The highest BCUT2D eigenvalue weighted by Gasteiger charge is 2.17. The van der Waals surface area contributed by atoms with Crippen LogP contribution >= 0.6 is 0 Å². The van der Waals surface area contributed by atoms with Gasteiger partial charge in [-0.25, -0.2) is 0 Å². The fourth-order valence-corrected chi connectivity index (χ4v) is 2.40. The molecule has 0 radical (unpaired) electrons. The molecule has 2 unspecified atom stereocenters. The van der Waals surface area contributed by atoms with Crippen molar-refractivity contribution in [1.29, 1.82) is 0 Å². The van der Waals surface area contributed by atoms with Crippen LogP contribution in [0, 0.1) is 0 Å². The van der Waals surface area contributed by atoms with Crippen molar-refractivity contribution < 1.29 is 14.6 Å². The van der Waals surface area contributed by atoms with Crippen molar-refractivity contribution in [2.75, 3.05) is 19.0 Å². The highest BCUT2D eigenvalue weighted by atomic mass is 16.5. The lowest BCUT2D eigenvalue weighted by atomic mass is 10.0. The number of methoxy groups -OCH3 is 1. The Kier molecular flexibility index (Phi) is 6.63. The Morgan fingerprint density at radius 1 is 1.12 bits per heavy atom. The third kappa shape index (κ3) is 5.28. The van der Waals surface area contributed by atoms with E-state index in [-0.39, 0.29) is 18.5 Å². The van der Waals surface area contributed by atoms with E-state index in [0.717, 1.165) is 11.3 Å². The van der Waals surface area contributed by atoms with Gasteiger partial charge < -0.3 is 20.5 Å². The molecule has 0 bridgehead atoms. The van der Waals surface area contributed by atoms with Gasteiger partial charge in [0.05, 0.1) is 31.5 Å². The van der Waals surface area contributed by atoms with Crippen molar-refractivity contribution in [3.05, 3.63) is 60.2 Å². The van der Waals surface area contributed by atoms with E-state index in [4.69, 9.17) is 4.74 Å². The Labute approximate surface area is 142 Å². The molecule has 1 amide bonds. The number of amides is 1. The van der Waals surface area contributed by atoms with Gasteiger partial charge in [0.15, 0.2) is 0 Å². The molecule has 2 aromatic rings. The van der Waals surface area contributed by atoms with Crippen LogP contribution in [0.25, 0.3) is 0 Å². The Balaban J connectivity index is 1.81. The summed E-state index contributed by atoms with van der Waals surface area (Å²) in [5, 5.41) is 16.1. The number of para-hydroxylation sites is 2. The lowest BCUT2D eigenvalue weighted by molar-refractivity contribution is -0.120. The van der Waals surface area contributed by atoms with Crippen molar-refractivity contribution in [3.8, 4) is 5.75 Å². The summed E-state index contributed by atoms with van der Waals surface area (Å²) in [7, 11) is 1.59. The summed E-state index contributed by atoms with van der Waals surface area (Å²) in [6.07, 6.45) is -0.134. The molecule has 24 heavy (non-hydrogen) atoms. The van der Waals surface area contributed by atoms with E-state index in [1.54, 1.807) is 14.0 Å². The van der Waals surface area contributed by atoms with Crippen molar-refractivity contribution in [2.24, 2.45) is 0 Å². The Morgan fingerprint density at radius 3 is 2.50 bits per heavy atom. The number of hydrogen-bond donors (Lipinski definition) is 3. The van der Waals surface area contributed by atoms with E-state index < -0.39 is 6.10 Å². The van der Waals surface area contributed by atoms with Crippen LogP contribution in [0.5, 0.6) is 5.75 Å². The SMILES string of the molecule is COc1ccccc1NCC(=O)NC(C)C(O)Cc1ccccc1. The van der Waals surface area contributed by atoms with Gasteiger partial charge in [-0.2, -0.15) is 0 Å². The molecular formula is C19H24N2O3. The Hall–Kier alpha value is -2.53. The smallest absolute Gasteiger partial charge is 0.239 e. The molecule has 2 atom stereocenters. The van der Waals surface area contributed by atoms with Crippen LogP contribution < -0.4 is 15.4 Å². The molecule has 3 N–H and O–H groups in total. The van der Waals surface area contributed by atoms with Crippen LogP contribution in [0.1, 0.15) is 12.5 Å². The zero-order valence-corrected chi connectivity index (χ0v) is 14.0. The standard InChI is InChI=1S/C19H24N2O3/c1-14(17(22)12-15-8-4-3-5-9-15)21-19(23)13-20-16-10-6-7-11-18(16)24-2/h3-11,14,17,20,22H,12-13H2,1-2H3,(H,21,23). The lowest BCUT2D eigenvalue weighted by Gasteiger charge is -2.21. The van der Waals surface area contributed by atoms with Gasteiger partial charge in [0.25, 0.3) is 0 Å². The third-order valence-electron chi connectivity index (χ3n) is 3.80. The normalized spacial score (nSPS) is 13.0. The number of hydrogen-bond acceptors (Lipinski definition) is 4. The quantitative estimate of drug-likeness (QED) is 0.695. The van der Waals surface area contributed by atoms with Crippen LogP contribution in [-0.2, 0) is 11.2 Å². The second kappa shape index (κ2) is 8.93. The van der Waals surface area contributed by atoms with Crippen LogP contribution in [0.3, 0.4) is 0 Å². The fourth-order valence-electron chi connectivity index (χ4n) is 2.40. The van der Waals surface area contributed by atoms with Gasteiger partial charge in [-0.15, -0.1) is 0 Å². The van der Waals surface area contributed by atoms with Crippen LogP contribution in [0.2, 0.25) is 0 Å². The summed E-state index contributed by atoms with van der Waals surface area (Å²) in [6, 6.07) is 16.8. The minimum Gasteiger partial charge on any atom is -0.495 e. The highest BCUT2D eigenvalue weighted by molar-refractivity contribution is 5.81. The molecule has 0 saturated heterocycles. The molecule has 0 aliphatic rings. The molecule has 0 aliphatic heterocycles. The van der Waals surface area contributed by atoms with Crippen molar-refractivity contribution >= 4 is 11.6 Å². The highest BCUT2D eigenvalue weighted by Crippen LogP contribution is 2.22. The summed E-state index contributed by atoms with van der Waals surface area (Å²) in [5.41, 5.74) is 1.80. The third-order valence-corrected chi connectivity index (χ3v) is 3.80. The molecule has 5 heteroatoms. The second-order valence-corrected chi connectivity index (χ2v) is 5.67. The van der Waals surface area contributed by atoms with Gasteiger partial charge in [0.2, 0.25) is 5.91 Å². The number of ether oxygens (including phenoxy) is 1. The number of aliphatic hydroxyl groups is 1. The minimum absolute atomic E-state index is 0.114. The van der Waals surface area contributed by atoms with Crippen molar-refractivity contribution in [2.45, 2.75) is 25.5 Å². The summed E-state index contributed by atoms with van der Waals surface area (Å²) >= 11 is 0. The van der Waals surface area contributed by atoms with Gasteiger partial charge in [0, 0.05) is 6.42 Å². The van der Waals surface area contributed by atoms with E-state index in [1.165, 1.54) is 0 Å². The minimum atomic E-state index is -0.636. The maximum atomic E-state index is 12.1. The first-order valence-corrected chi connectivity index (χ1v) is 7.98. The average molecular weight is 328 g/mol. The van der Waals surface area contributed by atoms with E-state index in [0.29, 0.717) is 12.2 Å². The molecule has 128 valence electrons. The summed E-state index contributed by atoms with van der Waals surface area (Å²) in [5.74, 6) is 0.503. The maximum absolute atomic E-state index is 12.1. The first-order chi connectivity index (χ1) is 11.6. The molecular weight excluding hydrogens is 304 g/mol. The topological polar surface area (TPSA) is 70.6 Å².